The largest absolute Gasteiger partial charge is 0.480 e. The number of carbonyl (C=O) groups is 3. The minimum Gasteiger partial charge on any atom is -0.480 e. The van der Waals surface area contributed by atoms with Gasteiger partial charge in [-0.25, -0.2) is 0 Å². The van der Waals surface area contributed by atoms with E-state index in [1.807, 2.05) is 19.1 Å². The highest BCUT2D eigenvalue weighted by Gasteiger charge is 2.89. The first-order chi connectivity index (χ1) is 12.4. The molecule has 2 aromatic rings. The summed E-state index contributed by atoms with van der Waals surface area (Å²) in [5.41, 5.74) is -1.18. The van der Waals surface area contributed by atoms with Crippen LogP contribution in [0.5, 0.6) is 5.75 Å². The summed E-state index contributed by atoms with van der Waals surface area (Å²) in [5.74, 6) is -2.85. The highest BCUT2D eigenvalue weighted by Crippen LogP contribution is 2.79. The van der Waals surface area contributed by atoms with Crippen molar-refractivity contribution in [3.05, 3.63) is 65.2 Å². The van der Waals surface area contributed by atoms with Crippen LogP contribution in [-0.2, 0) is 9.59 Å². The molecule has 5 heteroatoms. The molecule has 1 N–H and O–H groups in total. The van der Waals surface area contributed by atoms with E-state index in [0.717, 1.165) is 5.56 Å². The number of aliphatic carboxylic acids is 1. The summed E-state index contributed by atoms with van der Waals surface area (Å²) in [7, 11) is 0. The molecule has 1 aliphatic heterocycles. The number of carbonyl (C=O) groups excluding carboxylic acids is 2. The van der Waals surface area contributed by atoms with Gasteiger partial charge in [0.05, 0.1) is 5.41 Å². The minimum absolute atomic E-state index is 0.236. The first-order valence-corrected chi connectivity index (χ1v) is 8.57. The molecule has 1 saturated carbocycles. The molecule has 26 heavy (non-hydrogen) atoms. The van der Waals surface area contributed by atoms with Crippen molar-refractivity contribution in [2.24, 2.45) is 10.8 Å². The Kier molecular flexibility index (Phi) is 3.35. The van der Waals surface area contributed by atoms with E-state index in [1.165, 1.54) is 0 Å². The van der Waals surface area contributed by atoms with Crippen LogP contribution < -0.4 is 4.74 Å². The van der Waals surface area contributed by atoms with Crippen LogP contribution in [0, 0.1) is 17.8 Å². The van der Waals surface area contributed by atoms with Gasteiger partial charge in [0.1, 0.15) is 5.75 Å². The summed E-state index contributed by atoms with van der Waals surface area (Å²) >= 11 is 0. The smallest absolute Gasteiger partial charge is 0.330 e. The van der Waals surface area contributed by atoms with Crippen LogP contribution in [0.3, 0.4) is 0 Å². The molecule has 132 valence electrons. The molecule has 0 saturated heterocycles. The number of fused-ring (bicyclic) bond motifs is 3. The summed E-state index contributed by atoms with van der Waals surface area (Å²) in [5, 5.41) is 9.99. The van der Waals surface area contributed by atoms with Crippen molar-refractivity contribution in [1.82, 2.24) is 0 Å². The Morgan fingerprint density at radius 2 is 1.77 bits per heavy atom. The van der Waals surface area contributed by atoms with Gasteiger partial charge in [-0.2, -0.15) is 0 Å². The van der Waals surface area contributed by atoms with E-state index in [1.54, 1.807) is 43.3 Å². The van der Waals surface area contributed by atoms with Crippen molar-refractivity contribution in [2.75, 3.05) is 0 Å². The van der Waals surface area contributed by atoms with Crippen molar-refractivity contribution < 1.29 is 24.2 Å². The van der Waals surface area contributed by atoms with Crippen LogP contribution >= 0.6 is 0 Å². The van der Waals surface area contributed by atoms with E-state index in [-0.39, 0.29) is 12.2 Å². The van der Waals surface area contributed by atoms with Crippen LogP contribution in [-0.4, -0.2) is 22.8 Å². The zero-order valence-corrected chi connectivity index (χ0v) is 14.5. The van der Waals surface area contributed by atoms with Crippen LogP contribution in [0.1, 0.15) is 40.7 Å². The van der Waals surface area contributed by atoms with Gasteiger partial charge < -0.3 is 9.84 Å². The molecule has 0 spiro atoms. The van der Waals surface area contributed by atoms with Gasteiger partial charge in [-0.1, -0.05) is 55.0 Å². The summed E-state index contributed by atoms with van der Waals surface area (Å²) in [4.78, 5) is 38.5. The zero-order valence-electron chi connectivity index (χ0n) is 14.5. The molecule has 0 amide bonds. The topological polar surface area (TPSA) is 80.7 Å². The number of rotatable bonds is 4. The normalized spacial score (nSPS) is 28.5. The maximum atomic E-state index is 13.4. The molecule has 1 heterocycles. The van der Waals surface area contributed by atoms with Gasteiger partial charge in [-0.05, 0) is 19.4 Å². The molecular weight excluding hydrogens is 332 g/mol. The van der Waals surface area contributed by atoms with Gasteiger partial charge in [0, 0.05) is 17.0 Å². The van der Waals surface area contributed by atoms with Gasteiger partial charge in [0.2, 0.25) is 0 Å². The van der Waals surface area contributed by atoms with Crippen LogP contribution in [0.25, 0.3) is 0 Å². The first kappa shape index (κ1) is 16.5. The van der Waals surface area contributed by atoms with Crippen molar-refractivity contribution in [2.45, 2.75) is 26.2 Å². The molecule has 2 aliphatic rings. The van der Waals surface area contributed by atoms with Gasteiger partial charge in [0.25, 0.3) is 0 Å². The predicted molar refractivity (Wildman–Crippen MR) is 93.1 cm³/mol. The Balaban J connectivity index is 1.93. The highest BCUT2D eigenvalue weighted by molar-refractivity contribution is 6.19. The number of aryl methyl sites for hydroxylation is 1. The summed E-state index contributed by atoms with van der Waals surface area (Å²) in [6, 6.07) is 13.8. The lowest BCUT2D eigenvalue weighted by Gasteiger charge is -2.20. The van der Waals surface area contributed by atoms with E-state index in [4.69, 9.17) is 4.74 Å². The molecule has 1 aliphatic carbocycles. The quantitative estimate of drug-likeness (QED) is 0.396. The third-order valence-electron chi connectivity index (χ3n) is 5.91. The number of Topliss-reactive ketones (excluding diaryl/α,β-unsaturated/α-hetero) is 1. The Hall–Kier alpha value is -2.95. The van der Waals surface area contributed by atoms with Crippen LogP contribution in [0.4, 0.5) is 0 Å². The lowest BCUT2D eigenvalue weighted by Crippen LogP contribution is -2.39. The van der Waals surface area contributed by atoms with Crippen molar-refractivity contribution in [3.8, 4) is 5.75 Å². The Morgan fingerprint density at radius 3 is 2.38 bits per heavy atom. The van der Waals surface area contributed by atoms with E-state index in [0.29, 0.717) is 16.9 Å². The standard InChI is InChI=1S/C21H18O5/c1-3-20(17(22)13-10-8-12(2)9-11-13)16-14-6-4-5-7-15(14)26-19(25)21(16,20)18(23)24/h4-11,16H,3H2,1-2H3,(H,23,24)/t16-,20-,21-/m1/s1. The second-order valence-corrected chi connectivity index (χ2v) is 6.99. The van der Waals surface area contributed by atoms with Crippen molar-refractivity contribution in [1.29, 1.82) is 0 Å². The highest BCUT2D eigenvalue weighted by atomic mass is 16.5. The third kappa shape index (κ3) is 1.72. The predicted octanol–water partition coefficient (Wildman–Crippen LogP) is 3.36. The number of benzene rings is 2. The molecule has 0 aromatic heterocycles. The fourth-order valence-electron chi connectivity index (χ4n) is 4.64. The van der Waals surface area contributed by atoms with E-state index in [2.05, 4.69) is 0 Å². The molecule has 4 rings (SSSR count). The molecule has 0 bridgehead atoms. The van der Waals surface area contributed by atoms with Gasteiger partial charge in [-0.3, -0.25) is 14.4 Å². The van der Waals surface area contributed by atoms with Crippen LogP contribution in [0.2, 0.25) is 0 Å². The second-order valence-electron chi connectivity index (χ2n) is 6.99. The Bertz CT molecular complexity index is 945. The van der Waals surface area contributed by atoms with Crippen molar-refractivity contribution >= 4 is 17.7 Å². The summed E-state index contributed by atoms with van der Waals surface area (Å²) in [6.45, 7) is 3.66. The molecule has 2 aromatic carbocycles. The number of ketones is 1. The first-order valence-electron chi connectivity index (χ1n) is 8.57. The maximum absolute atomic E-state index is 13.4. The number of esters is 1. The molecule has 5 nitrogen and oxygen atoms in total. The SMILES string of the molecule is CC[C@]1(C(=O)c2ccc(C)cc2)[C@H]2c3ccccc3OC(=O)[C@]21C(=O)O. The minimum atomic E-state index is -1.86. The fourth-order valence-corrected chi connectivity index (χ4v) is 4.64. The zero-order chi connectivity index (χ0) is 18.7. The fraction of sp³-hybridized carbons (Fsp3) is 0.286. The molecule has 0 radical (unpaired) electrons. The molecule has 1 fully saturated rings. The lowest BCUT2D eigenvalue weighted by molar-refractivity contribution is -0.158. The van der Waals surface area contributed by atoms with E-state index in [9.17, 15) is 19.5 Å². The molecule has 0 unspecified atom stereocenters. The summed E-state index contributed by atoms with van der Waals surface area (Å²) in [6.07, 6.45) is 0.236. The number of hydrogen-bond acceptors (Lipinski definition) is 4. The lowest BCUT2D eigenvalue weighted by atomic mass is 9.83. The number of hydrogen-bond donors (Lipinski definition) is 1. The number of para-hydroxylation sites is 1. The number of carboxylic acids is 1. The Morgan fingerprint density at radius 1 is 1.12 bits per heavy atom. The van der Waals surface area contributed by atoms with E-state index >= 15 is 0 Å². The van der Waals surface area contributed by atoms with Gasteiger partial charge >= 0.3 is 11.9 Å². The maximum Gasteiger partial charge on any atom is 0.330 e. The van der Waals surface area contributed by atoms with E-state index < -0.39 is 28.7 Å². The van der Waals surface area contributed by atoms with Crippen molar-refractivity contribution in [3.63, 3.8) is 0 Å². The third-order valence-corrected chi connectivity index (χ3v) is 5.91. The average Bonchev–Trinajstić information content (AvgIpc) is 3.29. The molecular formula is C21H18O5. The number of carboxylic acid groups (broad SMARTS) is 1. The molecule has 3 atom stereocenters. The Labute approximate surface area is 150 Å². The van der Waals surface area contributed by atoms with Gasteiger partial charge in [-0.15, -0.1) is 0 Å². The summed E-state index contributed by atoms with van der Waals surface area (Å²) < 4.78 is 5.34. The second kappa shape index (κ2) is 5.27. The van der Waals surface area contributed by atoms with Gasteiger partial charge in [0.15, 0.2) is 11.2 Å². The monoisotopic (exact) mass is 350 g/mol. The van der Waals surface area contributed by atoms with Crippen LogP contribution in [0.15, 0.2) is 48.5 Å². The number of ether oxygens (including phenoxy) is 1. The average molecular weight is 350 g/mol.